The third-order valence-electron chi connectivity index (χ3n) is 2.96. The number of benzene rings is 2. The van der Waals surface area contributed by atoms with Crippen LogP contribution in [0.1, 0.15) is 21.5 Å². The highest BCUT2D eigenvalue weighted by Gasteiger charge is 2.11. The Bertz CT molecular complexity index is 660. The van der Waals surface area contributed by atoms with Crippen molar-refractivity contribution < 1.29 is 9.18 Å². The first-order valence-corrected chi connectivity index (χ1v) is 7.13. The first-order chi connectivity index (χ1) is 9.49. The highest BCUT2D eigenvalue weighted by Crippen LogP contribution is 2.19. The summed E-state index contributed by atoms with van der Waals surface area (Å²) in [5, 5.41) is 3.23. The zero-order valence-corrected chi connectivity index (χ0v) is 13.1. The number of rotatable bonds is 3. The molecule has 1 N–H and O–H groups in total. The molecule has 5 heteroatoms. The quantitative estimate of drug-likeness (QED) is 0.863. The Hall–Kier alpha value is -1.39. The zero-order chi connectivity index (χ0) is 14.7. The molecule has 0 heterocycles. The molecule has 104 valence electrons. The van der Waals surface area contributed by atoms with Gasteiger partial charge in [0.05, 0.1) is 0 Å². The van der Waals surface area contributed by atoms with Gasteiger partial charge in [-0.1, -0.05) is 33.6 Å². The fourth-order valence-corrected chi connectivity index (χ4v) is 2.39. The maximum absolute atomic E-state index is 13.6. The lowest BCUT2D eigenvalue weighted by atomic mass is 10.1. The Morgan fingerprint density at radius 2 is 2.10 bits per heavy atom. The van der Waals surface area contributed by atoms with E-state index in [0.29, 0.717) is 21.7 Å². The van der Waals surface area contributed by atoms with Crippen molar-refractivity contribution >= 4 is 33.4 Å². The molecule has 0 atom stereocenters. The lowest BCUT2D eigenvalue weighted by Gasteiger charge is -2.09. The molecular weight excluding hydrogens is 345 g/mol. The topological polar surface area (TPSA) is 29.1 Å². The summed E-state index contributed by atoms with van der Waals surface area (Å²) in [5.74, 6) is -0.624. The molecule has 0 bridgehead atoms. The van der Waals surface area contributed by atoms with Crippen molar-refractivity contribution in [2.24, 2.45) is 0 Å². The Balaban J connectivity index is 2.13. The SMILES string of the molecule is Cc1c(Cl)cccc1C(=O)NCc1cc(Br)ccc1F. The zero-order valence-electron chi connectivity index (χ0n) is 10.7. The van der Waals surface area contributed by atoms with Crippen molar-refractivity contribution in [3.05, 3.63) is 68.4 Å². The molecule has 0 unspecified atom stereocenters. The van der Waals surface area contributed by atoms with E-state index in [1.54, 1.807) is 37.3 Å². The molecule has 2 aromatic carbocycles. The van der Waals surface area contributed by atoms with Gasteiger partial charge < -0.3 is 5.32 Å². The van der Waals surface area contributed by atoms with Gasteiger partial charge in [0.2, 0.25) is 0 Å². The molecule has 0 fully saturated rings. The molecule has 0 radical (unpaired) electrons. The molecule has 0 aliphatic carbocycles. The van der Waals surface area contributed by atoms with Gasteiger partial charge in [-0.2, -0.15) is 0 Å². The standard InChI is InChI=1S/C15H12BrClFNO/c1-9-12(3-2-4-13(9)17)15(20)19-8-10-7-11(16)5-6-14(10)18/h2-7H,8H2,1H3,(H,19,20). The second kappa shape index (κ2) is 6.37. The number of hydrogen-bond acceptors (Lipinski definition) is 1. The van der Waals surface area contributed by atoms with Crippen LogP contribution in [0.4, 0.5) is 4.39 Å². The van der Waals surface area contributed by atoms with Crippen molar-refractivity contribution in [1.82, 2.24) is 5.32 Å². The van der Waals surface area contributed by atoms with E-state index in [2.05, 4.69) is 21.2 Å². The summed E-state index contributed by atoms with van der Waals surface area (Å²) in [6.45, 7) is 1.90. The van der Waals surface area contributed by atoms with Crippen molar-refractivity contribution in [2.75, 3.05) is 0 Å². The summed E-state index contributed by atoms with van der Waals surface area (Å²) < 4.78 is 14.3. The molecule has 1 amide bonds. The molecule has 0 saturated carbocycles. The highest BCUT2D eigenvalue weighted by atomic mass is 79.9. The van der Waals surface area contributed by atoms with Gasteiger partial charge in [-0.25, -0.2) is 4.39 Å². The van der Waals surface area contributed by atoms with E-state index >= 15 is 0 Å². The average molecular weight is 357 g/mol. The van der Waals surface area contributed by atoms with Gasteiger partial charge >= 0.3 is 0 Å². The number of hydrogen-bond donors (Lipinski definition) is 1. The summed E-state index contributed by atoms with van der Waals surface area (Å²) >= 11 is 9.25. The minimum absolute atomic E-state index is 0.121. The van der Waals surface area contributed by atoms with Crippen molar-refractivity contribution in [1.29, 1.82) is 0 Å². The highest BCUT2D eigenvalue weighted by molar-refractivity contribution is 9.10. The van der Waals surface area contributed by atoms with Crippen LogP contribution >= 0.6 is 27.5 Å². The lowest BCUT2D eigenvalue weighted by Crippen LogP contribution is -2.24. The van der Waals surface area contributed by atoms with Crippen LogP contribution in [-0.4, -0.2) is 5.91 Å². The van der Waals surface area contributed by atoms with E-state index in [0.717, 1.165) is 4.47 Å². The van der Waals surface area contributed by atoms with E-state index in [-0.39, 0.29) is 18.3 Å². The second-order valence-electron chi connectivity index (χ2n) is 4.33. The Labute approximate surface area is 130 Å². The second-order valence-corrected chi connectivity index (χ2v) is 5.65. The Kier molecular flexibility index (Phi) is 4.78. The summed E-state index contributed by atoms with van der Waals surface area (Å²) in [6, 6.07) is 9.73. The fourth-order valence-electron chi connectivity index (χ4n) is 1.80. The predicted octanol–water partition coefficient (Wildman–Crippen LogP) is 4.48. The number of amides is 1. The molecule has 0 saturated heterocycles. The third-order valence-corrected chi connectivity index (χ3v) is 3.86. The molecule has 0 aromatic heterocycles. The Morgan fingerprint density at radius 3 is 2.85 bits per heavy atom. The summed E-state index contributed by atoms with van der Waals surface area (Å²) in [5.41, 5.74) is 1.63. The summed E-state index contributed by atoms with van der Waals surface area (Å²) in [7, 11) is 0. The average Bonchev–Trinajstić information content (AvgIpc) is 2.42. The van der Waals surface area contributed by atoms with E-state index in [1.165, 1.54) is 6.07 Å². The first-order valence-electron chi connectivity index (χ1n) is 5.96. The van der Waals surface area contributed by atoms with Crippen molar-refractivity contribution in [2.45, 2.75) is 13.5 Å². The van der Waals surface area contributed by atoms with Crippen LogP contribution in [0.3, 0.4) is 0 Å². The maximum atomic E-state index is 13.6. The van der Waals surface area contributed by atoms with Gasteiger partial charge in [0.1, 0.15) is 5.82 Å². The van der Waals surface area contributed by atoms with Crippen LogP contribution in [0.25, 0.3) is 0 Å². The van der Waals surface area contributed by atoms with E-state index in [4.69, 9.17) is 11.6 Å². The number of carbonyl (C=O) groups excluding carboxylic acids is 1. The van der Waals surface area contributed by atoms with Crippen LogP contribution in [0.15, 0.2) is 40.9 Å². The molecule has 2 aromatic rings. The summed E-state index contributed by atoms with van der Waals surface area (Å²) in [6.07, 6.45) is 0. The maximum Gasteiger partial charge on any atom is 0.251 e. The molecule has 20 heavy (non-hydrogen) atoms. The van der Waals surface area contributed by atoms with E-state index in [9.17, 15) is 9.18 Å². The lowest BCUT2D eigenvalue weighted by molar-refractivity contribution is 0.0950. The van der Waals surface area contributed by atoms with Gasteiger partial charge in [-0.3, -0.25) is 4.79 Å². The third kappa shape index (κ3) is 3.38. The van der Waals surface area contributed by atoms with Crippen LogP contribution < -0.4 is 5.32 Å². The molecular formula is C15H12BrClFNO. The minimum atomic E-state index is -0.351. The summed E-state index contributed by atoms with van der Waals surface area (Å²) in [4.78, 5) is 12.1. The van der Waals surface area contributed by atoms with Crippen molar-refractivity contribution in [3.63, 3.8) is 0 Å². The number of carbonyl (C=O) groups is 1. The number of nitrogens with one attached hydrogen (secondary N) is 1. The van der Waals surface area contributed by atoms with Gasteiger partial charge in [-0.15, -0.1) is 0 Å². The van der Waals surface area contributed by atoms with Gasteiger partial charge in [0, 0.05) is 27.2 Å². The van der Waals surface area contributed by atoms with Gasteiger partial charge in [-0.05, 0) is 42.8 Å². The van der Waals surface area contributed by atoms with Gasteiger partial charge in [0.25, 0.3) is 5.91 Å². The molecule has 2 nitrogen and oxygen atoms in total. The smallest absolute Gasteiger partial charge is 0.251 e. The molecule has 0 aliphatic heterocycles. The van der Waals surface area contributed by atoms with E-state index < -0.39 is 0 Å². The largest absolute Gasteiger partial charge is 0.348 e. The van der Waals surface area contributed by atoms with Crippen LogP contribution in [-0.2, 0) is 6.54 Å². The van der Waals surface area contributed by atoms with E-state index in [1.807, 2.05) is 0 Å². The molecule has 0 spiro atoms. The van der Waals surface area contributed by atoms with Crippen molar-refractivity contribution in [3.8, 4) is 0 Å². The van der Waals surface area contributed by atoms with Crippen LogP contribution in [0.2, 0.25) is 5.02 Å². The monoisotopic (exact) mass is 355 g/mol. The Morgan fingerprint density at radius 1 is 1.35 bits per heavy atom. The minimum Gasteiger partial charge on any atom is -0.348 e. The predicted molar refractivity (Wildman–Crippen MR) is 81.5 cm³/mol. The van der Waals surface area contributed by atoms with Gasteiger partial charge in [0.15, 0.2) is 0 Å². The molecule has 2 rings (SSSR count). The van der Waals surface area contributed by atoms with Crippen LogP contribution in [0.5, 0.6) is 0 Å². The van der Waals surface area contributed by atoms with Crippen LogP contribution in [0, 0.1) is 12.7 Å². The fraction of sp³-hybridized carbons (Fsp3) is 0.133. The normalized spacial score (nSPS) is 10.4. The first kappa shape index (κ1) is 15.0. The number of halogens is 3. The molecule has 0 aliphatic rings.